The Kier molecular flexibility index (Phi) is 8.04. The molecule has 0 aliphatic heterocycles. The first-order valence-electron chi connectivity index (χ1n) is 9.86. The predicted molar refractivity (Wildman–Crippen MR) is 97.8 cm³/mol. The van der Waals surface area contributed by atoms with Crippen molar-refractivity contribution in [2.24, 2.45) is 17.8 Å². The van der Waals surface area contributed by atoms with E-state index in [0.29, 0.717) is 5.92 Å². The summed E-state index contributed by atoms with van der Waals surface area (Å²) in [6.07, 6.45) is 17.6. The number of hydrogen-bond donors (Lipinski definition) is 2. The van der Waals surface area contributed by atoms with Crippen molar-refractivity contribution in [3.05, 3.63) is 23.8 Å². The summed E-state index contributed by atoms with van der Waals surface area (Å²) in [4.78, 5) is 10.6. The molecule has 4 atom stereocenters. The number of aliphatic hydroxyl groups is 1. The van der Waals surface area contributed by atoms with E-state index in [1.807, 2.05) is 6.08 Å². The van der Waals surface area contributed by atoms with Crippen molar-refractivity contribution >= 4 is 5.97 Å². The van der Waals surface area contributed by atoms with Crippen LogP contribution in [0.15, 0.2) is 23.8 Å². The van der Waals surface area contributed by atoms with E-state index in [0.717, 1.165) is 37.5 Å². The van der Waals surface area contributed by atoms with E-state index in [1.165, 1.54) is 44.1 Å². The number of unbranched alkanes of at least 4 members (excludes halogenated alkanes) is 3. The van der Waals surface area contributed by atoms with Gasteiger partial charge in [0.2, 0.25) is 0 Å². The lowest BCUT2D eigenvalue weighted by Gasteiger charge is -2.15. The zero-order chi connectivity index (χ0) is 17.4. The zero-order valence-electron chi connectivity index (χ0n) is 15.1. The molecule has 2 aliphatic carbocycles. The van der Waals surface area contributed by atoms with E-state index in [2.05, 4.69) is 19.1 Å². The Labute approximate surface area is 146 Å². The topological polar surface area (TPSA) is 57.5 Å². The maximum absolute atomic E-state index is 10.6. The van der Waals surface area contributed by atoms with Gasteiger partial charge in [0.05, 0.1) is 6.10 Å². The second-order valence-corrected chi connectivity index (χ2v) is 7.67. The number of rotatable bonds is 10. The molecular weight excluding hydrogens is 300 g/mol. The van der Waals surface area contributed by atoms with Crippen LogP contribution in [0.25, 0.3) is 0 Å². The van der Waals surface area contributed by atoms with Crippen LogP contribution in [-0.2, 0) is 4.79 Å². The minimum Gasteiger partial charge on any atom is -0.481 e. The molecule has 3 heteroatoms. The van der Waals surface area contributed by atoms with Crippen LogP contribution < -0.4 is 0 Å². The second kappa shape index (κ2) is 10.0. The molecule has 2 N–H and O–H groups in total. The molecule has 2 rings (SSSR count). The summed E-state index contributed by atoms with van der Waals surface area (Å²) in [6.45, 7) is 2.19. The van der Waals surface area contributed by atoms with Gasteiger partial charge in [-0.05, 0) is 62.7 Å². The normalized spacial score (nSPS) is 29.4. The number of aliphatic hydroxyl groups excluding tert-OH is 1. The molecule has 0 bridgehead atoms. The van der Waals surface area contributed by atoms with Gasteiger partial charge in [-0.25, -0.2) is 0 Å². The Hall–Kier alpha value is -1.09. The maximum Gasteiger partial charge on any atom is 0.303 e. The van der Waals surface area contributed by atoms with E-state index in [1.54, 1.807) is 0 Å². The van der Waals surface area contributed by atoms with Crippen LogP contribution >= 0.6 is 0 Å². The molecule has 0 radical (unpaired) electrons. The predicted octanol–water partition coefficient (Wildman–Crippen LogP) is 5.10. The lowest BCUT2D eigenvalue weighted by atomic mass is 9.91. The first-order chi connectivity index (χ1) is 11.6. The number of hydrogen-bond acceptors (Lipinski definition) is 2. The molecule has 0 aromatic rings. The van der Waals surface area contributed by atoms with Gasteiger partial charge in [-0.15, -0.1) is 0 Å². The minimum atomic E-state index is -0.695. The van der Waals surface area contributed by atoms with Gasteiger partial charge in [0.25, 0.3) is 0 Å². The number of fused-ring (bicyclic) bond motifs is 1. The molecule has 2 fully saturated rings. The van der Waals surface area contributed by atoms with Crippen LogP contribution in [0.3, 0.4) is 0 Å². The summed E-state index contributed by atoms with van der Waals surface area (Å²) in [6, 6.07) is 0. The summed E-state index contributed by atoms with van der Waals surface area (Å²) in [5.74, 6) is 1.48. The van der Waals surface area contributed by atoms with Crippen LogP contribution in [0.4, 0.5) is 0 Å². The zero-order valence-corrected chi connectivity index (χ0v) is 15.1. The summed E-state index contributed by atoms with van der Waals surface area (Å²) in [5.41, 5.74) is 1.54. The average Bonchev–Trinajstić information content (AvgIpc) is 3.10. The Morgan fingerprint density at radius 2 is 2.08 bits per heavy atom. The van der Waals surface area contributed by atoms with Crippen molar-refractivity contribution in [3.8, 4) is 0 Å². The average molecular weight is 335 g/mol. The van der Waals surface area contributed by atoms with Gasteiger partial charge in [-0.3, -0.25) is 4.79 Å². The first-order valence-corrected chi connectivity index (χ1v) is 9.86. The molecule has 3 nitrogen and oxygen atoms in total. The van der Waals surface area contributed by atoms with E-state index in [4.69, 9.17) is 5.11 Å². The highest BCUT2D eigenvalue weighted by molar-refractivity contribution is 5.66. The van der Waals surface area contributed by atoms with E-state index >= 15 is 0 Å². The highest BCUT2D eigenvalue weighted by Crippen LogP contribution is 2.50. The van der Waals surface area contributed by atoms with Crippen molar-refractivity contribution in [2.75, 3.05) is 0 Å². The lowest BCUT2D eigenvalue weighted by molar-refractivity contribution is -0.137. The van der Waals surface area contributed by atoms with E-state index < -0.39 is 5.97 Å². The second-order valence-electron chi connectivity index (χ2n) is 7.67. The van der Waals surface area contributed by atoms with Crippen molar-refractivity contribution in [3.63, 3.8) is 0 Å². The highest BCUT2D eigenvalue weighted by atomic mass is 16.4. The third kappa shape index (κ3) is 6.08. The van der Waals surface area contributed by atoms with Crippen molar-refractivity contribution < 1.29 is 15.0 Å². The molecule has 136 valence electrons. The maximum atomic E-state index is 10.6. The monoisotopic (exact) mass is 334 g/mol. The third-order valence-corrected chi connectivity index (χ3v) is 5.76. The summed E-state index contributed by atoms with van der Waals surface area (Å²) in [5, 5.41) is 18.8. The molecule has 0 amide bonds. The SMILES string of the molecule is CCCCCC(O)C=CC1CCC2CC(=CCCCC(=O)O)CC12. The molecule has 0 aromatic carbocycles. The van der Waals surface area contributed by atoms with E-state index in [-0.39, 0.29) is 12.5 Å². The fourth-order valence-corrected chi connectivity index (χ4v) is 4.41. The van der Waals surface area contributed by atoms with Gasteiger partial charge >= 0.3 is 5.97 Å². The molecule has 0 aromatic heterocycles. The Balaban J connectivity index is 1.75. The van der Waals surface area contributed by atoms with Crippen LogP contribution in [-0.4, -0.2) is 22.3 Å². The number of allylic oxidation sites excluding steroid dienone is 3. The Morgan fingerprint density at radius 1 is 1.25 bits per heavy atom. The number of carboxylic acid groups (broad SMARTS) is 1. The molecule has 0 saturated heterocycles. The molecule has 0 spiro atoms. The largest absolute Gasteiger partial charge is 0.481 e. The number of carboxylic acids is 1. The van der Waals surface area contributed by atoms with Gasteiger partial charge in [-0.1, -0.05) is 50.0 Å². The van der Waals surface area contributed by atoms with Crippen LogP contribution in [0.2, 0.25) is 0 Å². The summed E-state index contributed by atoms with van der Waals surface area (Å²) in [7, 11) is 0. The van der Waals surface area contributed by atoms with E-state index in [9.17, 15) is 9.90 Å². The van der Waals surface area contributed by atoms with Crippen molar-refractivity contribution in [1.82, 2.24) is 0 Å². The number of aliphatic carboxylic acids is 1. The summed E-state index contributed by atoms with van der Waals surface area (Å²) >= 11 is 0. The molecule has 4 unspecified atom stereocenters. The smallest absolute Gasteiger partial charge is 0.303 e. The van der Waals surface area contributed by atoms with Gasteiger partial charge in [-0.2, -0.15) is 0 Å². The lowest BCUT2D eigenvalue weighted by Crippen LogP contribution is -2.08. The highest BCUT2D eigenvalue weighted by Gasteiger charge is 2.39. The minimum absolute atomic E-state index is 0.275. The molecule has 2 aliphatic rings. The molecule has 24 heavy (non-hydrogen) atoms. The van der Waals surface area contributed by atoms with Crippen LogP contribution in [0, 0.1) is 17.8 Å². The van der Waals surface area contributed by atoms with Crippen molar-refractivity contribution in [1.29, 1.82) is 0 Å². The van der Waals surface area contributed by atoms with Gasteiger partial charge in [0.1, 0.15) is 0 Å². The fourth-order valence-electron chi connectivity index (χ4n) is 4.41. The van der Waals surface area contributed by atoms with Crippen molar-refractivity contribution in [2.45, 2.75) is 83.7 Å². The Morgan fingerprint density at radius 3 is 2.83 bits per heavy atom. The number of carbonyl (C=O) groups is 1. The van der Waals surface area contributed by atoms with Crippen LogP contribution in [0.5, 0.6) is 0 Å². The van der Waals surface area contributed by atoms with Crippen LogP contribution in [0.1, 0.15) is 77.6 Å². The van der Waals surface area contributed by atoms with Gasteiger partial charge < -0.3 is 10.2 Å². The quantitative estimate of drug-likeness (QED) is 0.431. The summed E-state index contributed by atoms with van der Waals surface area (Å²) < 4.78 is 0. The molecule has 2 saturated carbocycles. The standard InChI is InChI=1S/C21H34O3/c1-2-3-4-8-19(22)13-12-17-10-11-18-14-16(15-20(17)18)7-5-6-9-21(23)24/h7,12-13,17-20,22H,2-6,8-11,14-15H2,1H3,(H,23,24). The van der Waals surface area contributed by atoms with Gasteiger partial charge in [0, 0.05) is 6.42 Å². The molecule has 0 heterocycles. The molecular formula is C21H34O3. The third-order valence-electron chi connectivity index (χ3n) is 5.76. The first kappa shape index (κ1) is 19.2. The fraction of sp³-hybridized carbons (Fsp3) is 0.762. The Bertz CT molecular complexity index is 452. The van der Waals surface area contributed by atoms with Gasteiger partial charge in [0.15, 0.2) is 0 Å².